The molecule has 0 saturated carbocycles. The van der Waals surface area contributed by atoms with E-state index >= 15 is 0 Å². The van der Waals surface area contributed by atoms with Gasteiger partial charge < -0.3 is 20.1 Å². The lowest BCUT2D eigenvalue weighted by Crippen LogP contribution is -2.45. The summed E-state index contributed by atoms with van der Waals surface area (Å²) in [5.74, 6) is 0.854. The molecule has 0 radical (unpaired) electrons. The Hall–Kier alpha value is -0.900. The van der Waals surface area contributed by atoms with Crippen molar-refractivity contribution in [1.82, 2.24) is 15.5 Å². The van der Waals surface area contributed by atoms with Gasteiger partial charge in [-0.1, -0.05) is 24.3 Å². The molecule has 6 nitrogen and oxygen atoms in total. The summed E-state index contributed by atoms with van der Waals surface area (Å²) in [5.41, 5.74) is 2.50. The molecule has 2 fully saturated rings. The second-order valence-corrected chi connectivity index (χ2v) is 7.66. The summed E-state index contributed by atoms with van der Waals surface area (Å²) in [4.78, 5) is 7.21. The van der Waals surface area contributed by atoms with Crippen LogP contribution in [0.5, 0.6) is 0 Å². The van der Waals surface area contributed by atoms with Crippen molar-refractivity contribution in [3.05, 3.63) is 35.4 Å². The van der Waals surface area contributed by atoms with Gasteiger partial charge in [0.05, 0.1) is 25.4 Å². The zero-order valence-electron chi connectivity index (χ0n) is 17.2. The van der Waals surface area contributed by atoms with Crippen LogP contribution in [-0.2, 0) is 22.6 Å². The van der Waals surface area contributed by atoms with Crippen molar-refractivity contribution in [2.45, 2.75) is 45.4 Å². The third-order valence-electron chi connectivity index (χ3n) is 5.20. The second-order valence-electron chi connectivity index (χ2n) is 7.66. The fraction of sp³-hybridized carbons (Fsp3) is 0.667. The Morgan fingerprint density at radius 2 is 1.96 bits per heavy atom. The molecule has 3 rings (SSSR count). The van der Waals surface area contributed by atoms with Gasteiger partial charge in [-0.15, -0.1) is 24.0 Å². The maximum atomic E-state index is 5.86. The standard InChI is InChI=1S/C21H34N4O2.HI/c1-3-22-20(24-17-21(2)8-5-11-27-21)23-15-18-6-4-7-19(14-18)16-25-9-12-26-13-10-25;/h4,6-7,14H,3,5,8-13,15-17H2,1-2H3,(H2,22,23,24);1H. The van der Waals surface area contributed by atoms with Crippen molar-refractivity contribution < 1.29 is 9.47 Å². The van der Waals surface area contributed by atoms with Crippen molar-refractivity contribution >= 4 is 29.9 Å². The van der Waals surface area contributed by atoms with E-state index < -0.39 is 0 Å². The van der Waals surface area contributed by atoms with Gasteiger partial charge in [-0.05, 0) is 37.8 Å². The molecule has 0 aliphatic carbocycles. The summed E-state index contributed by atoms with van der Waals surface area (Å²) in [5, 5.41) is 6.78. The van der Waals surface area contributed by atoms with E-state index in [2.05, 4.69) is 53.6 Å². The van der Waals surface area contributed by atoms with Gasteiger partial charge in [0.2, 0.25) is 0 Å². The second kappa shape index (κ2) is 11.9. The SMILES string of the molecule is CCNC(=NCc1cccc(CN2CCOCC2)c1)NCC1(C)CCCO1.I. The number of hydrogen-bond donors (Lipinski definition) is 2. The fourth-order valence-electron chi connectivity index (χ4n) is 3.60. The molecule has 158 valence electrons. The van der Waals surface area contributed by atoms with Crippen molar-refractivity contribution in [3.8, 4) is 0 Å². The Balaban J connectivity index is 0.00000280. The van der Waals surface area contributed by atoms with E-state index in [9.17, 15) is 0 Å². The van der Waals surface area contributed by atoms with Crippen molar-refractivity contribution in [3.63, 3.8) is 0 Å². The lowest BCUT2D eigenvalue weighted by molar-refractivity contribution is 0.0243. The minimum atomic E-state index is -0.0751. The van der Waals surface area contributed by atoms with Crippen LogP contribution in [0.15, 0.2) is 29.3 Å². The Bertz CT molecular complexity index is 614. The molecular weight excluding hydrogens is 467 g/mol. The molecule has 7 heteroatoms. The van der Waals surface area contributed by atoms with Crippen molar-refractivity contribution in [1.29, 1.82) is 0 Å². The Morgan fingerprint density at radius 1 is 1.18 bits per heavy atom. The zero-order valence-corrected chi connectivity index (χ0v) is 19.5. The molecule has 0 bridgehead atoms. The normalized spacial score (nSPS) is 23.3. The molecule has 2 aliphatic heterocycles. The zero-order chi connectivity index (χ0) is 19.0. The van der Waals surface area contributed by atoms with Gasteiger partial charge >= 0.3 is 0 Å². The summed E-state index contributed by atoms with van der Waals surface area (Å²) >= 11 is 0. The first-order valence-electron chi connectivity index (χ1n) is 10.2. The van der Waals surface area contributed by atoms with Crippen LogP contribution in [0.3, 0.4) is 0 Å². The largest absolute Gasteiger partial charge is 0.379 e. The number of nitrogens with one attached hydrogen (secondary N) is 2. The molecule has 1 unspecified atom stereocenters. The number of morpholine rings is 1. The van der Waals surface area contributed by atoms with E-state index in [0.29, 0.717) is 6.54 Å². The lowest BCUT2D eigenvalue weighted by Gasteiger charge is -2.26. The minimum Gasteiger partial charge on any atom is -0.379 e. The van der Waals surface area contributed by atoms with Gasteiger partial charge in [0.25, 0.3) is 0 Å². The molecule has 0 aromatic heterocycles. The monoisotopic (exact) mass is 502 g/mol. The van der Waals surface area contributed by atoms with Crippen LogP contribution in [0.2, 0.25) is 0 Å². The molecule has 2 heterocycles. The Morgan fingerprint density at radius 3 is 2.68 bits per heavy atom. The quantitative estimate of drug-likeness (QED) is 0.341. The maximum Gasteiger partial charge on any atom is 0.191 e. The number of nitrogens with zero attached hydrogens (tertiary/aromatic N) is 2. The predicted octanol–water partition coefficient (Wildman–Crippen LogP) is 2.76. The van der Waals surface area contributed by atoms with Gasteiger partial charge in [0, 0.05) is 39.3 Å². The van der Waals surface area contributed by atoms with Crippen LogP contribution in [0, 0.1) is 0 Å². The van der Waals surface area contributed by atoms with Crippen LogP contribution in [0.4, 0.5) is 0 Å². The van der Waals surface area contributed by atoms with Crippen molar-refractivity contribution in [2.75, 3.05) is 46.0 Å². The molecule has 1 atom stereocenters. The number of rotatable bonds is 7. The first-order valence-corrected chi connectivity index (χ1v) is 10.2. The van der Waals surface area contributed by atoms with E-state index in [1.165, 1.54) is 11.1 Å². The molecule has 28 heavy (non-hydrogen) atoms. The van der Waals surface area contributed by atoms with E-state index in [1.807, 2.05) is 0 Å². The molecule has 2 saturated heterocycles. The third kappa shape index (κ3) is 7.50. The lowest BCUT2D eigenvalue weighted by atomic mass is 10.0. The maximum absolute atomic E-state index is 5.86. The highest BCUT2D eigenvalue weighted by Gasteiger charge is 2.29. The van der Waals surface area contributed by atoms with Crippen LogP contribution in [0.1, 0.15) is 37.8 Å². The summed E-state index contributed by atoms with van der Waals surface area (Å²) in [6, 6.07) is 8.75. The van der Waals surface area contributed by atoms with E-state index in [1.54, 1.807) is 0 Å². The number of halogens is 1. The van der Waals surface area contributed by atoms with E-state index in [-0.39, 0.29) is 29.6 Å². The molecular formula is C21H35IN4O2. The van der Waals surface area contributed by atoms with Gasteiger partial charge in [0.1, 0.15) is 0 Å². The van der Waals surface area contributed by atoms with Gasteiger partial charge in [-0.25, -0.2) is 4.99 Å². The van der Waals surface area contributed by atoms with E-state index in [0.717, 1.165) is 71.3 Å². The van der Waals surface area contributed by atoms with Crippen molar-refractivity contribution in [2.24, 2.45) is 4.99 Å². The minimum absolute atomic E-state index is 0. The average Bonchev–Trinajstić information content (AvgIpc) is 3.12. The smallest absolute Gasteiger partial charge is 0.191 e. The van der Waals surface area contributed by atoms with Gasteiger partial charge in [-0.2, -0.15) is 0 Å². The summed E-state index contributed by atoms with van der Waals surface area (Å²) < 4.78 is 11.3. The predicted molar refractivity (Wildman–Crippen MR) is 124 cm³/mol. The van der Waals surface area contributed by atoms with Crippen LogP contribution < -0.4 is 10.6 Å². The third-order valence-corrected chi connectivity index (χ3v) is 5.20. The molecule has 0 spiro atoms. The van der Waals surface area contributed by atoms with Crippen LogP contribution >= 0.6 is 24.0 Å². The van der Waals surface area contributed by atoms with Crippen LogP contribution in [0.25, 0.3) is 0 Å². The molecule has 2 N–H and O–H groups in total. The Kier molecular flexibility index (Phi) is 9.98. The molecule has 1 aromatic carbocycles. The number of guanidine groups is 1. The highest BCUT2D eigenvalue weighted by molar-refractivity contribution is 14.0. The van der Waals surface area contributed by atoms with E-state index in [4.69, 9.17) is 14.5 Å². The molecule has 0 amide bonds. The highest BCUT2D eigenvalue weighted by Crippen LogP contribution is 2.23. The summed E-state index contributed by atoms with van der Waals surface area (Å²) in [6.45, 7) is 12.1. The van der Waals surface area contributed by atoms with Gasteiger partial charge in [-0.3, -0.25) is 4.90 Å². The fourth-order valence-corrected chi connectivity index (χ4v) is 3.60. The highest BCUT2D eigenvalue weighted by atomic mass is 127. The number of ether oxygens (including phenoxy) is 2. The summed E-state index contributed by atoms with van der Waals surface area (Å²) in [6.07, 6.45) is 2.24. The number of aliphatic imine (C=N–C) groups is 1. The molecule has 1 aromatic rings. The summed E-state index contributed by atoms with van der Waals surface area (Å²) in [7, 11) is 0. The number of hydrogen-bond acceptors (Lipinski definition) is 4. The topological polar surface area (TPSA) is 58.1 Å². The molecule has 2 aliphatic rings. The first-order chi connectivity index (χ1) is 13.2. The Labute approximate surface area is 186 Å². The van der Waals surface area contributed by atoms with Crippen LogP contribution in [-0.4, -0.2) is 62.5 Å². The first kappa shape index (κ1) is 23.4. The number of benzene rings is 1. The average molecular weight is 502 g/mol. The van der Waals surface area contributed by atoms with Gasteiger partial charge in [0.15, 0.2) is 5.96 Å².